The number of hydrogen-bond donors (Lipinski definition) is 1. The van der Waals surface area contributed by atoms with Gasteiger partial charge in [-0.25, -0.2) is 0 Å². The zero-order valence-electron chi connectivity index (χ0n) is 15.8. The van der Waals surface area contributed by atoms with Crippen LogP contribution < -0.4 is 0 Å². The van der Waals surface area contributed by atoms with Crippen molar-refractivity contribution in [2.45, 2.75) is 32.6 Å². The molecule has 2 aliphatic rings. The predicted molar refractivity (Wildman–Crippen MR) is 121 cm³/mol. The van der Waals surface area contributed by atoms with Crippen molar-refractivity contribution < 1.29 is 9.21 Å². The maximum atomic E-state index is 12.5. The SMILES string of the molecule is CCCCCC1=NN2C(=N)/C(=C/c3ccc(-c4cccc(Br)c4)o3)C(=O)N=C2S1. The number of amidine groups is 2. The minimum absolute atomic E-state index is 0.0263. The van der Waals surface area contributed by atoms with Gasteiger partial charge in [-0.3, -0.25) is 10.2 Å². The normalized spacial score (nSPS) is 17.6. The number of benzene rings is 1. The number of amides is 1. The fourth-order valence-electron chi connectivity index (χ4n) is 3.03. The molecule has 4 rings (SSSR count). The third-order valence-corrected chi connectivity index (χ3v) is 5.97. The molecule has 0 radical (unpaired) electrons. The van der Waals surface area contributed by atoms with E-state index in [1.807, 2.05) is 30.3 Å². The molecular weight excluding hydrogens is 452 g/mol. The molecule has 0 fully saturated rings. The standard InChI is InChI=1S/C21H19BrN4O2S/c1-2-3-4-8-18-25-26-19(23)16(20(27)24-21(26)29-18)12-15-9-10-17(28-15)13-6-5-7-14(22)11-13/h5-7,9-12,23H,2-4,8H2,1H3/b16-12-,23-19?. The van der Waals surface area contributed by atoms with Crippen LogP contribution in [0.25, 0.3) is 17.4 Å². The molecule has 0 spiro atoms. The van der Waals surface area contributed by atoms with Crippen LogP contribution in [-0.4, -0.2) is 27.0 Å². The Morgan fingerprint density at radius 3 is 2.93 bits per heavy atom. The number of aliphatic imine (C=N–C) groups is 1. The molecule has 1 amide bonds. The van der Waals surface area contributed by atoms with Crippen LogP contribution in [-0.2, 0) is 4.79 Å². The quantitative estimate of drug-likeness (QED) is 0.420. The van der Waals surface area contributed by atoms with E-state index in [0.717, 1.165) is 40.8 Å². The fourth-order valence-corrected chi connectivity index (χ4v) is 4.35. The molecule has 6 nitrogen and oxygen atoms in total. The number of fused-ring (bicyclic) bond motifs is 1. The molecule has 2 aliphatic heterocycles. The zero-order chi connectivity index (χ0) is 20.4. The Morgan fingerprint density at radius 1 is 1.28 bits per heavy atom. The van der Waals surface area contributed by atoms with E-state index < -0.39 is 5.91 Å². The minimum atomic E-state index is -0.445. The molecule has 3 heterocycles. The van der Waals surface area contributed by atoms with E-state index in [2.05, 4.69) is 32.9 Å². The van der Waals surface area contributed by atoms with E-state index in [1.54, 1.807) is 12.1 Å². The number of carbonyl (C=O) groups excluding carboxylic acids is 1. The number of hydrazone groups is 1. The number of thioether (sulfide) groups is 1. The molecule has 2 aromatic rings. The minimum Gasteiger partial charge on any atom is -0.457 e. The summed E-state index contributed by atoms with van der Waals surface area (Å²) in [7, 11) is 0. The molecule has 0 unspecified atom stereocenters. The van der Waals surface area contributed by atoms with Crippen LogP contribution in [0.15, 0.2) is 61.0 Å². The van der Waals surface area contributed by atoms with Crippen LogP contribution in [0.4, 0.5) is 0 Å². The van der Waals surface area contributed by atoms with Crippen LogP contribution in [0.1, 0.15) is 38.4 Å². The van der Waals surface area contributed by atoms with E-state index in [-0.39, 0.29) is 11.4 Å². The molecule has 1 N–H and O–H groups in total. The Kier molecular flexibility index (Phi) is 5.82. The number of unbranched alkanes of at least 4 members (excludes halogenated alkanes) is 2. The van der Waals surface area contributed by atoms with E-state index in [4.69, 9.17) is 9.83 Å². The summed E-state index contributed by atoms with van der Waals surface area (Å²) in [6, 6.07) is 11.4. The highest BCUT2D eigenvalue weighted by molar-refractivity contribution is 9.10. The van der Waals surface area contributed by atoms with E-state index in [0.29, 0.717) is 16.7 Å². The average Bonchev–Trinajstić information content (AvgIpc) is 3.32. The van der Waals surface area contributed by atoms with Crippen LogP contribution in [0.5, 0.6) is 0 Å². The summed E-state index contributed by atoms with van der Waals surface area (Å²) in [5, 5.41) is 15.7. The molecular formula is C21H19BrN4O2S. The summed E-state index contributed by atoms with van der Waals surface area (Å²) < 4.78 is 6.82. The van der Waals surface area contributed by atoms with Gasteiger partial charge in [0.15, 0.2) is 5.84 Å². The highest BCUT2D eigenvalue weighted by Crippen LogP contribution is 2.31. The van der Waals surface area contributed by atoms with Crippen molar-refractivity contribution in [1.29, 1.82) is 5.41 Å². The third-order valence-electron chi connectivity index (χ3n) is 4.51. The first-order chi connectivity index (χ1) is 14.0. The van der Waals surface area contributed by atoms with Crippen LogP contribution in [0, 0.1) is 5.41 Å². The maximum absolute atomic E-state index is 12.5. The maximum Gasteiger partial charge on any atom is 0.283 e. The van der Waals surface area contributed by atoms with Gasteiger partial charge in [0, 0.05) is 10.0 Å². The van der Waals surface area contributed by atoms with E-state index in [1.165, 1.54) is 16.8 Å². The topological polar surface area (TPSA) is 82.0 Å². The Morgan fingerprint density at radius 2 is 2.14 bits per heavy atom. The molecule has 29 heavy (non-hydrogen) atoms. The van der Waals surface area contributed by atoms with E-state index in [9.17, 15) is 4.79 Å². The average molecular weight is 471 g/mol. The van der Waals surface area contributed by atoms with Crippen molar-refractivity contribution in [2.75, 3.05) is 0 Å². The number of halogens is 1. The van der Waals surface area contributed by atoms with Gasteiger partial charge in [-0.1, -0.05) is 47.8 Å². The molecule has 0 bridgehead atoms. The Hall–Kier alpha value is -2.45. The lowest BCUT2D eigenvalue weighted by atomic mass is 10.1. The Balaban J connectivity index is 1.56. The first kappa shape index (κ1) is 19.8. The molecule has 8 heteroatoms. The van der Waals surface area contributed by atoms with Crippen molar-refractivity contribution >= 4 is 55.7 Å². The summed E-state index contributed by atoms with van der Waals surface area (Å²) in [5.41, 5.74) is 1.09. The number of rotatable bonds is 6. The summed E-state index contributed by atoms with van der Waals surface area (Å²) in [5.74, 6) is 0.758. The van der Waals surface area contributed by atoms with Gasteiger partial charge in [0.25, 0.3) is 5.91 Å². The largest absolute Gasteiger partial charge is 0.457 e. The number of carbonyl (C=O) groups is 1. The summed E-state index contributed by atoms with van der Waals surface area (Å²) >= 11 is 4.82. The highest BCUT2D eigenvalue weighted by Gasteiger charge is 2.35. The third kappa shape index (κ3) is 4.28. The first-order valence-electron chi connectivity index (χ1n) is 9.40. The number of nitrogens with zero attached hydrogens (tertiary/aromatic N) is 3. The van der Waals surface area contributed by atoms with Gasteiger partial charge < -0.3 is 4.42 Å². The molecule has 0 saturated heterocycles. The van der Waals surface area contributed by atoms with Crippen LogP contribution in [0.3, 0.4) is 0 Å². The summed E-state index contributed by atoms with van der Waals surface area (Å²) in [6.07, 6.45) is 5.70. The van der Waals surface area contributed by atoms with Crippen molar-refractivity contribution in [1.82, 2.24) is 5.01 Å². The lowest BCUT2D eigenvalue weighted by Crippen LogP contribution is -2.35. The lowest BCUT2D eigenvalue weighted by molar-refractivity contribution is -0.114. The van der Waals surface area contributed by atoms with Gasteiger partial charge in [0.2, 0.25) is 5.17 Å². The summed E-state index contributed by atoms with van der Waals surface area (Å²) in [6.45, 7) is 2.15. The molecule has 148 valence electrons. The van der Waals surface area contributed by atoms with Gasteiger partial charge in [-0.2, -0.15) is 15.1 Å². The molecule has 0 aliphatic carbocycles. The second-order valence-corrected chi connectivity index (χ2v) is 8.64. The van der Waals surface area contributed by atoms with Gasteiger partial charge >= 0.3 is 0 Å². The number of furan rings is 1. The smallest absolute Gasteiger partial charge is 0.283 e. The Labute approximate surface area is 181 Å². The first-order valence-corrected chi connectivity index (χ1v) is 11.0. The van der Waals surface area contributed by atoms with Crippen molar-refractivity contribution in [3.05, 3.63) is 52.2 Å². The monoisotopic (exact) mass is 470 g/mol. The van der Waals surface area contributed by atoms with Crippen LogP contribution >= 0.6 is 27.7 Å². The second kappa shape index (κ2) is 8.51. The predicted octanol–water partition coefficient (Wildman–Crippen LogP) is 5.91. The van der Waals surface area contributed by atoms with Gasteiger partial charge in [-0.15, -0.1) is 0 Å². The second-order valence-electron chi connectivity index (χ2n) is 6.68. The lowest BCUT2D eigenvalue weighted by Gasteiger charge is -2.19. The van der Waals surface area contributed by atoms with Gasteiger partial charge in [0.05, 0.1) is 5.57 Å². The number of nitrogens with one attached hydrogen (secondary N) is 1. The molecule has 1 aromatic carbocycles. The summed E-state index contributed by atoms with van der Waals surface area (Å²) in [4.78, 5) is 16.6. The van der Waals surface area contributed by atoms with Crippen molar-refractivity contribution in [3.63, 3.8) is 0 Å². The molecule has 0 saturated carbocycles. The Bertz CT molecular complexity index is 1070. The van der Waals surface area contributed by atoms with Crippen molar-refractivity contribution in [2.24, 2.45) is 10.1 Å². The van der Waals surface area contributed by atoms with Gasteiger partial charge in [-0.05, 0) is 54.9 Å². The van der Waals surface area contributed by atoms with Crippen molar-refractivity contribution in [3.8, 4) is 11.3 Å². The van der Waals surface area contributed by atoms with Crippen LogP contribution in [0.2, 0.25) is 0 Å². The highest BCUT2D eigenvalue weighted by atomic mass is 79.9. The molecule has 1 aromatic heterocycles. The van der Waals surface area contributed by atoms with Gasteiger partial charge in [0.1, 0.15) is 16.6 Å². The fraction of sp³-hybridized carbons (Fsp3) is 0.238. The van der Waals surface area contributed by atoms with E-state index >= 15 is 0 Å². The molecule has 0 atom stereocenters. The number of hydrogen-bond acceptors (Lipinski definition) is 5. The zero-order valence-corrected chi connectivity index (χ0v) is 18.2.